The summed E-state index contributed by atoms with van der Waals surface area (Å²) < 4.78 is 21.1. The lowest BCUT2D eigenvalue weighted by Crippen LogP contribution is -2.11. The Hall–Kier alpha value is -5.56. The Balaban J connectivity index is 1.19. The highest BCUT2D eigenvalue weighted by molar-refractivity contribution is 5.76. The monoisotopic (exact) mass is 713 g/mol. The van der Waals surface area contributed by atoms with Crippen LogP contribution in [0, 0.1) is 13.8 Å². The summed E-state index contributed by atoms with van der Waals surface area (Å²) in [5.74, 6) is 1.15. The van der Waals surface area contributed by atoms with Crippen LogP contribution in [0.5, 0.6) is 11.5 Å². The molecule has 5 rings (SSSR count). The minimum atomic E-state index is -0.712. The molecule has 0 N–H and O–H groups in total. The van der Waals surface area contributed by atoms with E-state index < -0.39 is 6.16 Å². The predicted octanol–water partition coefficient (Wildman–Crippen LogP) is 11.6. The summed E-state index contributed by atoms with van der Waals surface area (Å²) in [5.41, 5.74) is 9.49. The number of aryl methyl sites for hydroxylation is 3. The molecule has 53 heavy (non-hydrogen) atoms. The van der Waals surface area contributed by atoms with Crippen LogP contribution in [-0.2, 0) is 20.7 Å². The number of hydrogen-bond donors (Lipinski definition) is 0. The maximum atomic E-state index is 12.3. The number of methoxy groups -OCH3 is 1. The summed E-state index contributed by atoms with van der Waals surface area (Å²) in [6, 6.07) is 42.2. The zero-order valence-corrected chi connectivity index (χ0v) is 31.4. The number of nitrogens with zero attached hydrogens (tertiary/aromatic N) is 1. The van der Waals surface area contributed by atoms with E-state index in [9.17, 15) is 9.59 Å². The lowest BCUT2D eigenvalue weighted by molar-refractivity contribution is -0.141. The van der Waals surface area contributed by atoms with E-state index in [1.165, 1.54) is 29.2 Å². The van der Waals surface area contributed by atoms with Gasteiger partial charge in [-0.05, 0) is 136 Å². The molecule has 0 radical (unpaired) electrons. The van der Waals surface area contributed by atoms with Gasteiger partial charge in [0.25, 0.3) is 0 Å². The molecule has 0 heterocycles. The third-order valence-corrected chi connectivity index (χ3v) is 9.30. The van der Waals surface area contributed by atoms with Crippen molar-refractivity contribution in [3.8, 4) is 11.5 Å². The number of benzene rings is 5. The minimum absolute atomic E-state index is 0.153. The van der Waals surface area contributed by atoms with Gasteiger partial charge in [0, 0.05) is 29.9 Å². The van der Waals surface area contributed by atoms with Gasteiger partial charge in [-0.25, -0.2) is 4.79 Å². The van der Waals surface area contributed by atoms with Crippen molar-refractivity contribution in [2.45, 2.75) is 71.6 Å². The number of unbranched alkanes of at least 4 members (excludes halogenated alkanes) is 3. The lowest BCUT2D eigenvalue weighted by atomic mass is 9.86. The molecule has 7 nitrogen and oxygen atoms in total. The highest BCUT2D eigenvalue weighted by Gasteiger charge is 2.17. The standard InChI is InChI=1S/C46H51NO6/c1-34-12-22-40(23-13-34)47(41-24-14-35(2)15-25-41)42-26-16-37(17-27-42)10-9-11-45(38-18-28-43(50-4)29-19-38)39-20-30-44(31-21-39)53-46(49)52-33-8-6-5-7-32-51-36(3)48/h12-31,45H,5-11,32-33H2,1-4H3. The van der Waals surface area contributed by atoms with Gasteiger partial charge in [0.05, 0.1) is 20.3 Å². The Bertz CT molecular complexity index is 1810. The SMILES string of the molecule is COc1ccc(C(CCCc2ccc(N(c3ccc(C)cc3)c3ccc(C)cc3)cc2)c2ccc(OC(=O)OCCCCCCOC(C)=O)cc2)cc1. The van der Waals surface area contributed by atoms with Crippen LogP contribution in [0.15, 0.2) is 121 Å². The van der Waals surface area contributed by atoms with E-state index in [1.807, 2.05) is 36.4 Å². The fourth-order valence-corrected chi connectivity index (χ4v) is 6.34. The van der Waals surface area contributed by atoms with Crippen LogP contribution in [0.25, 0.3) is 0 Å². The van der Waals surface area contributed by atoms with Crippen molar-refractivity contribution < 1.29 is 28.5 Å². The molecular formula is C46H51NO6. The molecule has 0 saturated heterocycles. The number of hydrogen-bond acceptors (Lipinski definition) is 7. The van der Waals surface area contributed by atoms with E-state index in [4.69, 9.17) is 18.9 Å². The van der Waals surface area contributed by atoms with Gasteiger partial charge >= 0.3 is 12.1 Å². The van der Waals surface area contributed by atoms with Crippen molar-refractivity contribution >= 4 is 29.2 Å². The largest absolute Gasteiger partial charge is 0.513 e. The van der Waals surface area contributed by atoms with Crippen molar-refractivity contribution in [1.82, 2.24) is 0 Å². The lowest BCUT2D eigenvalue weighted by Gasteiger charge is -2.26. The van der Waals surface area contributed by atoms with Crippen LogP contribution < -0.4 is 14.4 Å². The van der Waals surface area contributed by atoms with Gasteiger partial charge in [-0.15, -0.1) is 0 Å². The zero-order chi connectivity index (χ0) is 37.4. The molecule has 0 aliphatic carbocycles. The molecule has 0 saturated carbocycles. The number of carbonyl (C=O) groups excluding carboxylic acids is 2. The van der Waals surface area contributed by atoms with Crippen molar-refractivity contribution in [3.05, 3.63) is 149 Å². The van der Waals surface area contributed by atoms with Crippen LogP contribution in [0.1, 0.15) is 79.2 Å². The Morgan fingerprint density at radius 3 is 1.53 bits per heavy atom. The van der Waals surface area contributed by atoms with Gasteiger partial charge in [0.15, 0.2) is 0 Å². The second-order valence-corrected chi connectivity index (χ2v) is 13.4. The second-order valence-electron chi connectivity index (χ2n) is 13.4. The van der Waals surface area contributed by atoms with Crippen LogP contribution in [-0.4, -0.2) is 32.4 Å². The molecule has 0 aliphatic heterocycles. The molecule has 0 spiro atoms. The maximum absolute atomic E-state index is 12.3. The third kappa shape index (κ3) is 12.0. The fraction of sp³-hybridized carbons (Fsp3) is 0.304. The minimum Gasteiger partial charge on any atom is -0.497 e. The summed E-state index contributed by atoms with van der Waals surface area (Å²) in [6.07, 6.45) is 5.46. The summed E-state index contributed by atoms with van der Waals surface area (Å²) in [4.78, 5) is 25.4. The molecule has 0 bridgehead atoms. The summed E-state index contributed by atoms with van der Waals surface area (Å²) >= 11 is 0. The molecule has 5 aromatic rings. The van der Waals surface area contributed by atoms with E-state index >= 15 is 0 Å². The van der Waals surface area contributed by atoms with Gasteiger partial charge in [0.1, 0.15) is 11.5 Å². The molecule has 7 heteroatoms. The Morgan fingerprint density at radius 1 is 0.566 bits per heavy atom. The van der Waals surface area contributed by atoms with Crippen LogP contribution in [0.3, 0.4) is 0 Å². The number of carbonyl (C=O) groups is 2. The molecule has 0 fully saturated rings. The molecule has 5 aromatic carbocycles. The summed E-state index contributed by atoms with van der Waals surface area (Å²) in [6.45, 7) is 6.33. The number of ether oxygens (including phenoxy) is 4. The van der Waals surface area contributed by atoms with Gasteiger partial charge in [0.2, 0.25) is 0 Å². The zero-order valence-electron chi connectivity index (χ0n) is 31.4. The van der Waals surface area contributed by atoms with Crippen LogP contribution in [0.4, 0.5) is 21.9 Å². The van der Waals surface area contributed by atoms with Gasteiger partial charge in [-0.2, -0.15) is 0 Å². The van der Waals surface area contributed by atoms with E-state index in [1.54, 1.807) is 7.11 Å². The first-order valence-corrected chi connectivity index (χ1v) is 18.5. The molecular weight excluding hydrogens is 663 g/mol. The molecule has 0 aromatic heterocycles. The Morgan fingerprint density at radius 2 is 1.04 bits per heavy atom. The highest BCUT2D eigenvalue weighted by Crippen LogP contribution is 2.36. The Kier molecular flexibility index (Phi) is 14.5. The number of esters is 1. The smallest absolute Gasteiger partial charge is 0.497 e. The van der Waals surface area contributed by atoms with Gasteiger partial charge in [-0.1, -0.05) is 71.8 Å². The number of rotatable bonds is 18. The van der Waals surface area contributed by atoms with E-state index in [2.05, 4.69) is 104 Å². The van der Waals surface area contributed by atoms with E-state index in [-0.39, 0.29) is 18.5 Å². The second kappa shape index (κ2) is 19.9. The van der Waals surface area contributed by atoms with Gasteiger partial charge < -0.3 is 23.8 Å². The van der Waals surface area contributed by atoms with Crippen LogP contribution in [0.2, 0.25) is 0 Å². The molecule has 1 unspecified atom stereocenters. The quantitative estimate of drug-likeness (QED) is 0.0508. The van der Waals surface area contributed by atoms with Crippen molar-refractivity contribution in [1.29, 1.82) is 0 Å². The van der Waals surface area contributed by atoms with E-state index in [0.717, 1.165) is 73.3 Å². The molecule has 276 valence electrons. The average Bonchev–Trinajstić information content (AvgIpc) is 3.17. The normalized spacial score (nSPS) is 11.4. The first kappa shape index (κ1) is 38.7. The average molecular weight is 714 g/mol. The first-order valence-electron chi connectivity index (χ1n) is 18.5. The highest BCUT2D eigenvalue weighted by atomic mass is 16.7. The molecule has 0 aliphatic rings. The van der Waals surface area contributed by atoms with Crippen LogP contribution >= 0.6 is 0 Å². The van der Waals surface area contributed by atoms with Gasteiger partial charge in [-0.3, -0.25) is 4.79 Å². The Labute approximate surface area is 314 Å². The first-order chi connectivity index (χ1) is 25.8. The summed E-state index contributed by atoms with van der Waals surface area (Å²) in [7, 11) is 1.68. The van der Waals surface area contributed by atoms with Crippen molar-refractivity contribution in [2.75, 3.05) is 25.2 Å². The maximum Gasteiger partial charge on any atom is 0.513 e. The van der Waals surface area contributed by atoms with Crippen molar-refractivity contribution in [3.63, 3.8) is 0 Å². The third-order valence-electron chi connectivity index (χ3n) is 9.30. The fourth-order valence-electron chi connectivity index (χ4n) is 6.34. The number of anilines is 3. The molecule has 1 atom stereocenters. The topological polar surface area (TPSA) is 74.3 Å². The predicted molar refractivity (Wildman–Crippen MR) is 212 cm³/mol. The van der Waals surface area contributed by atoms with E-state index in [0.29, 0.717) is 12.4 Å². The molecule has 0 amide bonds. The summed E-state index contributed by atoms with van der Waals surface area (Å²) in [5, 5.41) is 0. The van der Waals surface area contributed by atoms with Crippen molar-refractivity contribution in [2.24, 2.45) is 0 Å².